The molecule has 176 valence electrons. The molecular weight excluding hydrogens is 470 g/mol. The van der Waals surface area contributed by atoms with Gasteiger partial charge < -0.3 is 9.30 Å². The zero-order valence-electron chi connectivity index (χ0n) is 19.0. The Hall–Kier alpha value is -2.85. The fourth-order valence-electron chi connectivity index (χ4n) is 4.24. The molecule has 5 rings (SSSR count). The lowest BCUT2D eigenvalue weighted by Crippen LogP contribution is -2.34. The summed E-state index contributed by atoms with van der Waals surface area (Å²) in [5.74, 6) is -0.414. The monoisotopic (exact) mass is 495 g/mol. The Labute approximate surface area is 202 Å². The quantitative estimate of drug-likeness (QED) is 0.420. The molecule has 1 aromatic heterocycles. The van der Waals surface area contributed by atoms with Crippen LogP contribution in [0.3, 0.4) is 0 Å². The van der Waals surface area contributed by atoms with Crippen LogP contribution >= 0.6 is 11.3 Å². The van der Waals surface area contributed by atoms with E-state index in [1.165, 1.54) is 39.9 Å². The fraction of sp³-hybridized carbons (Fsp3) is 0.280. The van der Waals surface area contributed by atoms with Crippen molar-refractivity contribution < 1.29 is 17.9 Å². The van der Waals surface area contributed by atoms with Crippen LogP contribution in [0.15, 0.2) is 70.6 Å². The van der Waals surface area contributed by atoms with Crippen LogP contribution in [-0.4, -0.2) is 49.5 Å². The van der Waals surface area contributed by atoms with Crippen LogP contribution < -0.4 is 4.80 Å². The van der Waals surface area contributed by atoms with E-state index in [1.54, 1.807) is 7.05 Å². The Bertz CT molecular complexity index is 1550. The van der Waals surface area contributed by atoms with Gasteiger partial charge in [0.05, 0.1) is 21.2 Å². The number of carbonyl (C=O) groups is 1. The normalized spacial score (nSPS) is 17.3. The Morgan fingerprint density at radius 2 is 1.91 bits per heavy atom. The van der Waals surface area contributed by atoms with Crippen molar-refractivity contribution in [2.75, 3.05) is 20.2 Å². The smallest absolute Gasteiger partial charge is 0.279 e. The summed E-state index contributed by atoms with van der Waals surface area (Å²) in [7, 11) is -0.223. The Kier molecular flexibility index (Phi) is 6.11. The van der Waals surface area contributed by atoms with E-state index >= 15 is 0 Å². The molecule has 4 aromatic rings. The van der Waals surface area contributed by atoms with Crippen LogP contribution in [-0.2, 0) is 21.8 Å². The molecular formula is C25H25N3O4S2. The molecule has 0 spiro atoms. The van der Waals surface area contributed by atoms with E-state index in [9.17, 15) is 13.2 Å². The highest BCUT2D eigenvalue weighted by Crippen LogP contribution is 2.27. The molecule has 1 aliphatic rings. The van der Waals surface area contributed by atoms with Gasteiger partial charge in [-0.2, -0.15) is 9.30 Å². The molecule has 9 heteroatoms. The molecule has 0 bridgehead atoms. The number of thiazole rings is 1. The number of sulfonamides is 1. The highest BCUT2D eigenvalue weighted by molar-refractivity contribution is 7.89. The van der Waals surface area contributed by atoms with Gasteiger partial charge >= 0.3 is 0 Å². The number of amides is 1. The van der Waals surface area contributed by atoms with E-state index < -0.39 is 15.9 Å². The molecule has 0 saturated carbocycles. The number of aryl methyl sites for hydroxylation is 1. The minimum atomic E-state index is -3.66. The molecule has 1 unspecified atom stereocenters. The number of likely N-dealkylation sites (N-methyl/N-ethyl adjacent to an activating group) is 1. The molecule has 1 aliphatic heterocycles. The summed E-state index contributed by atoms with van der Waals surface area (Å²) in [5.41, 5.74) is 1.34. The highest BCUT2D eigenvalue weighted by Gasteiger charge is 2.26. The number of hydrogen-bond donors (Lipinski definition) is 0. The number of rotatable bonds is 5. The second-order valence-electron chi connectivity index (χ2n) is 8.44. The topological polar surface area (TPSA) is 81.0 Å². The molecule has 34 heavy (non-hydrogen) atoms. The van der Waals surface area contributed by atoms with E-state index in [0.29, 0.717) is 23.5 Å². The molecule has 1 saturated heterocycles. The average molecular weight is 496 g/mol. The molecule has 1 fully saturated rings. The number of fused-ring (bicyclic) bond motifs is 3. The lowest BCUT2D eigenvalue weighted by Gasteiger charge is -2.20. The first kappa shape index (κ1) is 22.9. The predicted molar refractivity (Wildman–Crippen MR) is 133 cm³/mol. The van der Waals surface area contributed by atoms with Gasteiger partial charge in [-0.3, -0.25) is 4.79 Å². The van der Waals surface area contributed by atoms with E-state index in [-0.39, 0.29) is 11.0 Å². The van der Waals surface area contributed by atoms with Gasteiger partial charge in [0.25, 0.3) is 5.91 Å². The molecule has 0 N–H and O–H groups in total. The first-order valence-electron chi connectivity index (χ1n) is 11.1. The molecule has 0 aliphatic carbocycles. The predicted octanol–water partition coefficient (Wildman–Crippen LogP) is 3.93. The Morgan fingerprint density at radius 3 is 2.65 bits per heavy atom. The molecule has 0 radical (unpaired) electrons. The second kappa shape index (κ2) is 9.07. The van der Waals surface area contributed by atoms with Gasteiger partial charge in [-0.1, -0.05) is 41.7 Å². The fourth-order valence-corrected chi connectivity index (χ4v) is 6.59. The third-order valence-electron chi connectivity index (χ3n) is 6.19. The van der Waals surface area contributed by atoms with Crippen LogP contribution in [0.25, 0.3) is 21.0 Å². The van der Waals surface area contributed by atoms with Gasteiger partial charge in [0.15, 0.2) is 4.80 Å². The molecule has 1 atom stereocenters. The second-order valence-corrected chi connectivity index (χ2v) is 11.5. The Balaban J connectivity index is 1.42. The maximum Gasteiger partial charge on any atom is 0.279 e. The van der Waals surface area contributed by atoms with Gasteiger partial charge in [0.2, 0.25) is 10.0 Å². The van der Waals surface area contributed by atoms with E-state index in [0.717, 1.165) is 33.8 Å². The van der Waals surface area contributed by atoms with Crippen molar-refractivity contribution in [1.82, 2.24) is 8.87 Å². The summed E-state index contributed by atoms with van der Waals surface area (Å²) >= 11 is 1.46. The number of carbonyl (C=O) groups excluding carboxylic acids is 1. The van der Waals surface area contributed by atoms with Crippen LogP contribution in [0.4, 0.5) is 0 Å². The van der Waals surface area contributed by atoms with E-state index in [2.05, 4.69) is 23.2 Å². The first-order chi connectivity index (χ1) is 16.3. The van der Waals surface area contributed by atoms with Crippen LogP contribution in [0.2, 0.25) is 0 Å². The highest BCUT2D eigenvalue weighted by atomic mass is 32.2. The number of ether oxygens (including phenoxy) is 1. The average Bonchev–Trinajstić information content (AvgIpc) is 3.47. The van der Waals surface area contributed by atoms with Gasteiger partial charge in [0, 0.05) is 38.2 Å². The summed E-state index contributed by atoms with van der Waals surface area (Å²) < 4.78 is 35.6. The van der Waals surface area contributed by atoms with Crippen molar-refractivity contribution in [2.24, 2.45) is 12.0 Å². The summed E-state index contributed by atoms with van der Waals surface area (Å²) in [6.07, 6.45) is 1.74. The van der Waals surface area contributed by atoms with Crippen molar-refractivity contribution in [3.8, 4) is 0 Å². The summed E-state index contributed by atoms with van der Waals surface area (Å²) in [6.45, 7) is 0.988. The van der Waals surface area contributed by atoms with Gasteiger partial charge in [-0.15, -0.1) is 0 Å². The SMILES string of the molecule is CN(CC1CCCO1)S(=O)(=O)c1ccc(C(=O)N=c2sc3c4ccccc4ccc3n2C)cc1. The minimum absolute atomic E-state index is 0.0707. The van der Waals surface area contributed by atoms with Crippen molar-refractivity contribution in [2.45, 2.75) is 23.8 Å². The number of hydrogen-bond acceptors (Lipinski definition) is 5. The van der Waals surface area contributed by atoms with E-state index in [4.69, 9.17) is 4.74 Å². The summed E-state index contributed by atoms with van der Waals surface area (Å²) in [4.78, 5) is 17.9. The molecule has 7 nitrogen and oxygen atoms in total. The standard InChI is InChI=1S/C25H25N3O4S2/c1-27(16-19-7-5-15-32-19)34(30,31)20-12-9-18(10-13-20)24(29)26-25-28(2)22-14-11-17-6-3-4-8-21(17)23(22)33-25/h3-4,6,8-14,19H,5,7,15-16H2,1-2H3. The van der Waals surface area contributed by atoms with Crippen molar-refractivity contribution in [3.63, 3.8) is 0 Å². The third kappa shape index (κ3) is 4.20. The number of benzene rings is 3. The van der Waals surface area contributed by atoms with Gasteiger partial charge in [0.1, 0.15) is 0 Å². The van der Waals surface area contributed by atoms with Gasteiger partial charge in [-0.05, 0) is 48.6 Å². The Morgan fingerprint density at radius 1 is 1.15 bits per heavy atom. The number of nitrogens with zero attached hydrogens (tertiary/aromatic N) is 3. The third-order valence-corrected chi connectivity index (χ3v) is 9.21. The number of aromatic nitrogens is 1. The van der Waals surface area contributed by atoms with Crippen LogP contribution in [0.1, 0.15) is 23.2 Å². The minimum Gasteiger partial charge on any atom is -0.377 e. The maximum absolute atomic E-state index is 12.9. The van der Waals surface area contributed by atoms with Crippen LogP contribution in [0.5, 0.6) is 0 Å². The lowest BCUT2D eigenvalue weighted by molar-refractivity contribution is 0.0979. The summed E-state index contributed by atoms with van der Waals surface area (Å²) in [6, 6.07) is 18.2. The summed E-state index contributed by atoms with van der Waals surface area (Å²) in [5, 5.41) is 2.26. The van der Waals surface area contributed by atoms with E-state index in [1.807, 2.05) is 29.8 Å². The van der Waals surface area contributed by atoms with Crippen LogP contribution in [0, 0.1) is 0 Å². The van der Waals surface area contributed by atoms with Gasteiger partial charge in [-0.25, -0.2) is 8.42 Å². The molecule has 1 amide bonds. The van der Waals surface area contributed by atoms with Crippen molar-refractivity contribution in [1.29, 1.82) is 0 Å². The van der Waals surface area contributed by atoms with Crippen molar-refractivity contribution in [3.05, 3.63) is 71.0 Å². The zero-order chi connectivity index (χ0) is 23.9. The molecule has 2 heterocycles. The maximum atomic E-state index is 12.9. The molecule has 3 aromatic carbocycles. The zero-order valence-corrected chi connectivity index (χ0v) is 20.6. The van der Waals surface area contributed by atoms with Crippen molar-refractivity contribution >= 4 is 48.3 Å². The first-order valence-corrected chi connectivity index (χ1v) is 13.3. The largest absolute Gasteiger partial charge is 0.377 e. The lowest BCUT2D eigenvalue weighted by atomic mass is 10.1.